The van der Waals surface area contributed by atoms with Gasteiger partial charge in [0.2, 0.25) is 5.91 Å². The summed E-state index contributed by atoms with van der Waals surface area (Å²) in [5.74, 6) is -0.109. The van der Waals surface area contributed by atoms with E-state index in [0.717, 1.165) is 24.0 Å². The summed E-state index contributed by atoms with van der Waals surface area (Å²) in [4.78, 5) is 26.7. The lowest BCUT2D eigenvalue weighted by molar-refractivity contribution is -0.144. The first-order chi connectivity index (χ1) is 13.2. The summed E-state index contributed by atoms with van der Waals surface area (Å²) >= 11 is 0. The molecule has 2 aromatic rings. The molecule has 0 aliphatic heterocycles. The van der Waals surface area contributed by atoms with E-state index < -0.39 is 0 Å². The number of ether oxygens (including phenoxy) is 1. The summed E-state index contributed by atoms with van der Waals surface area (Å²) < 4.78 is 5.02. The topological polar surface area (TPSA) is 46.6 Å². The first-order valence-corrected chi connectivity index (χ1v) is 9.74. The Morgan fingerprint density at radius 2 is 1.56 bits per heavy atom. The van der Waals surface area contributed by atoms with Crippen molar-refractivity contribution in [3.8, 4) is 0 Å². The quantitative estimate of drug-likeness (QED) is 0.627. The molecule has 4 nitrogen and oxygen atoms in total. The number of nitrogens with zero attached hydrogens (tertiary/aromatic N) is 1. The molecule has 1 saturated carbocycles. The van der Waals surface area contributed by atoms with Crippen molar-refractivity contribution in [2.45, 2.75) is 44.6 Å². The molecule has 27 heavy (non-hydrogen) atoms. The standard InChI is InChI=1S/C23H27NO3/c1-2-27-23(26)15-16-24(20-13-14-20)22(25)17-21(18-9-5-3-6-10-18)19-11-7-4-8-12-19/h3-12,20-21H,2,13-17H2,1H3. The van der Waals surface area contributed by atoms with E-state index in [1.54, 1.807) is 6.92 Å². The van der Waals surface area contributed by atoms with E-state index in [-0.39, 0.29) is 30.3 Å². The first kappa shape index (κ1) is 19.2. The summed E-state index contributed by atoms with van der Waals surface area (Å²) in [5.41, 5.74) is 2.27. The van der Waals surface area contributed by atoms with Crippen molar-refractivity contribution < 1.29 is 14.3 Å². The number of carbonyl (C=O) groups excluding carboxylic acids is 2. The molecule has 0 radical (unpaired) electrons. The summed E-state index contributed by atoms with van der Waals surface area (Å²) in [6, 6.07) is 20.6. The van der Waals surface area contributed by atoms with Gasteiger partial charge in [-0.05, 0) is 30.9 Å². The lowest BCUT2D eigenvalue weighted by Crippen LogP contribution is -2.36. The number of hydrogen-bond acceptors (Lipinski definition) is 3. The van der Waals surface area contributed by atoms with E-state index in [1.807, 2.05) is 41.3 Å². The minimum absolute atomic E-state index is 0.0174. The van der Waals surface area contributed by atoms with Crippen molar-refractivity contribution in [2.24, 2.45) is 0 Å². The van der Waals surface area contributed by atoms with Crippen molar-refractivity contribution in [3.63, 3.8) is 0 Å². The third kappa shape index (κ3) is 5.43. The summed E-state index contributed by atoms with van der Waals surface area (Å²) in [7, 11) is 0. The molecule has 142 valence electrons. The van der Waals surface area contributed by atoms with E-state index in [9.17, 15) is 9.59 Å². The predicted molar refractivity (Wildman–Crippen MR) is 105 cm³/mol. The fraction of sp³-hybridized carbons (Fsp3) is 0.391. The van der Waals surface area contributed by atoms with E-state index in [0.29, 0.717) is 19.6 Å². The van der Waals surface area contributed by atoms with Gasteiger partial charge in [0.05, 0.1) is 13.0 Å². The Labute approximate surface area is 161 Å². The summed E-state index contributed by atoms with van der Waals surface area (Å²) in [6.07, 6.45) is 2.72. The molecule has 1 amide bonds. The minimum Gasteiger partial charge on any atom is -0.466 e. The molecule has 4 heteroatoms. The molecule has 0 saturated heterocycles. The second-order valence-corrected chi connectivity index (χ2v) is 6.95. The van der Waals surface area contributed by atoms with Crippen molar-refractivity contribution >= 4 is 11.9 Å². The molecule has 1 fully saturated rings. The molecule has 0 unspecified atom stereocenters. The average molecular weight is 365 g/mol. The third-order valence-corrected chi connectivity index (χ3v) is 4.95. The number of hydrogen-bond donors (Lipinski definition) is 0. The highest BCUT2D eigenvalue weighted by Crippen LogP contribution is 2.32. The fourth-order valence-corrected chi connectivity index (χ4v) is 3.43. The lowest BCUT2D eigenvalue weighted by atomic mass is 9.88. The molecule has 0 atom stereocenters. The van der Waals surface area contributed by atoms with Gasteiger partial charge < -0.3 is 9.64 Å². The van der Waals surface area contributed by atoms with Crippen LogP contribution in [0.1, 0.15) is 49.7 Å². The molecule has 0 N–H and O–H groups in total. The highest BCUT2D eigenvalue weighted by molar-refractivity contribution is 5.79. The first-order valence-electron chi connectivity index (χ1n) is 9.74. The van der Waals surface area contributed by atoms with Crippen molar-refractivity contribution in [2.75, 3.05) is 13.2 Å². The van der Waals surface area contributed by atoms with Crippen LogP contribution in [0.25, 0.3) is 0 Å². The van der Waals surface area contributed by atoms with Gasteiger partial charge in [0, 0.05) is 24.9 Å². The van der Waals surface area contributed by atoms with Gasteiger partial charge in [0.25, 0.3) is 0 Å². The Kier molecular flexibility index (Phi) is 6.64. The van der Waals surface area contributed by atoms with Gasteiger partial charge in [0.1, 0.15) is 0 Å². The van der Waals surface area contributed by atoms with Crippen LogP contribution >= 0.6 is 0 Å². The lowest BCUT2D eigenvalue weighted by Gasteiger charge is -2.25. The number of esters is 1. The Bertz CT molecular complexity index is 701. The van der Waals surface area contributed by atoms with Gasteiger partial charge in [-0.3, -0.25) is 9.59 Å². The molecule has 1 aliphatic carbocycles. The molecule has 1 aliphatic rings. The third-order valence-electron chi connectivity index (χ3n) is 4.95. The summed E-state index contributed by atoms with van der Waals surface area (Å²) in [6.45, 7) is 2.62. The highest BCUT2D eigenvalue weighted by atomic mass is 16.5. The molecular weight excluding hydrogens is 338 g/mol. The van der Waals surface area contributed by atoms with Crippen LogP contribution in [0.15, 0.2) is 60.7 Å². The van der Waals surface area contributed by atoms with Crippen LogP contribution in [0.4, 0.5) is 0 Å². The second kappa shape index (κ2) is 9.36. The Morgan fingerprint density at radius 1 is 1.00 bits per heavy atom. The molecule has 3 rings (SSSR count). The number of rotatable bonds is 9. The largest absolute Gasteiger partial charge is 0.466 e. The molecule has 0 heterocycles. The van der Waals surface area contributed by atoms with Gasteiger partial charge in [-0.25, -0.2) is 0 Å². The van der Waals surface area contributed by atoms with Crippen LogP contribution in [0.3, 0.4) is 0 Å². The molecule has 0 spiro atoms. The van der Waals surface area contributed by atoms with Crippen molar-refractivity contribution in [1.82, 2.24) is 4.90 Å². The van der Waals surface area contributed by atoms with E-state index in [1.165, 1.54) is 0 Å². The normalized spacial score (nSPS) is 13.4. The van der Waals surface area contributed by atoms with Gasteiger partial charge in [0.15, 0.2) is 0 Å². The predicted octanol–water partition coefficient (Wildman–Crippen LogP) is 4.15. The zero-order valence-corrected chi connectivity index (χ0v) is 15.8. The van der Waals surface area contributed by atoms with Crippen LogP contribution in [0.5, 0.6) is 0 Å². The maximum absolute atomic E-state index is 13.1. The summed E-state index contributed by atoms with van der Waals surface area (Å²) in [5, 5.41) is 0. The second-order valence-electron chi connectivity index (χ2n) is 6.95. The van der Waals surface area contributed by atoms with Crippen molar-refractivity contribution in [1.29, 1.82) is 0 Å². The monoisotopic (exact) mass is 365 g/mol. The van der Waals surface area contributed by atoms with Crippen LogP contribution in [-0.4, -0.2) is 36.0 Å². The maximum Gasteiger partial charge on any atom is 0.307 e. The Morgan fingerprint density at radius 3 is 2.04 bits per heavy atom. The van der Waals surface area contributed by atoms with Crippen molar-refractivity contribution in [3.05, 3.63) is 71.8 Å². The highest BCUT2D eigenvalue weighted by Gasteiger charge is 2.34. The van der Waals surface area contributed by atoms with Crippen LogP contribution < -0.4 is 0 Å². The SMILES string of the molecule is CCOC(=O)CCN(C(=O)CC(c1ccccc1)c1ccccc1)C1CC1. The van der Waals surface area contributed by atoms with Crippen LogP contribution in [-0.2, 0) is 14.3 Å². The Hall–Kier alpha value is -2.62. The average Bonchev–Trinajstić information content (AvgIpc) is 3.53. The van der Waals surface area contributed by atoms with Gasteiger partial charge in [-0.2, -0.15) is 0 Å². The number of benzene rings is 2. The maximum atomic E-state index is 13.1. The fourth-order valence-electron chi connectivity index (χ4n) is 3.43. The molecule has 0 aromatic heterocycles. The zero-order valence-electron chi connectivity index (χ0n) is 15.8. The number of amides is 1. The molecular formula is C23H27NO3. The van der Waals surface area contributed by atoms with E-state index in [2.05, 4.69) is 24.3 Å². The van der Waals surface area contributed by atoms with Crippen LogP contribution in [0.2, 0.25) is 0 Å². The Balaban J connectivity index is 1.73. The minimum atomic E-state index is -0.237. The molecule has 2 aromatic carbocycles. The zero-order chi connectivity index (χ0) is 19.1. The molecule has 0 bridgehead atoms. The number of carbonyl (C=O) groups is 2. The van der Waals surface area contributed by atoms with Gasteiger partial charge >= 0.3 is 5.97 Å². The van der Waals surface area contributed by atoms with Crippen LogP contribution in [0, 0.1) is 0 Å². The van der Waals surface area contributed by atoms with E-state index >= 15 is 0 Å². The smallest absolute Gasteiger partial charge is 0.307 e. The van der Waals surface area contributed by atoms with Gasteiger partial charge in [-0.15, -0.1) is 0 Å². The van der Waals surface area contributed by atoms with Gasteiger partial charge in [-0.1, -0.05) is 60.7 Å². The van der Waals surface area contributed by atoms with E-state index in [4.69, 9.17) is 4.74 Å².